The number of anilines is 2. The maximum absolute atomic E-state index is 13.7. The third-order valence-electron chi connectivity index (χ3n) is 6.47. The standard InChI is InChI=1S/C28H31N3O4S/c1-4-27(32)29-22-11-13-23(14-12-22)36(34,35)31-16-15-21-7-5-6-8-24(21)26(31)18-28(33)30-25-17-19(2)9-10-20(25)3/h5-14,17,26H,4,15-16,18H2,1-3H3,(H,29,32)(H,30,33)/t26-/m0/s1. The van der Waals surface area contributed by atoms with Crippen LogP contribution in [-0.2, 0) is 26.0 Å². The van der Waals surface area contributed by atoms with E-state index in [1.807, 2.05) is 56.3 Å². The zero-order valence-electron chi connectivity index (χ0n) is 20.7. The van der Waals surface area contributed by atoms with Gasteiger partial charge in [0.1, 0.15) is 0 Å². The Hall–Kier alpha value is -3.49. The molecule has 0 saturated heterocycles. The van der Waals surface area contributed by atoms with E-state index in [0.717, 1.165) is 27.9 Å². The van der Waals surface area contributed by atoms with E-state index in [-0.39, 0.29) is 29.7 Å². The number of hydrogen-bond acceptors (Lipinski definition) is 4. The molecule has 3 aromatic rings. The smallest absolute Gasteiger partial charge is 0.243 e. The fourth-order valence-corrected chi connectivity index (χ4v) is 6.08. The second kappa shape index (κ2) is 10.6. The quantitative estimate of drug-likeness (QED) is 0.474. The molecule has 0 spiro atoms. The number of aryl methyl sites for hydroxylation is 2. The van der Waals surface area contributed by atoms with Crippen molar-refractivity contribution in [3.8, 4) is 0 Å². The summed E-state index contributed by atoms with van der Waals surface area (Å²) in [5.41, 5.74) is 5.12. The molecule has 0 aromatic heterocycles. The van der Waals surface area contributed by atoms with Gasteiger partial charge in [-0.1, -0.05) is 43.3 Å². The van der Waals surface area contributed by atoms with Gasteiger partial charge in [-0.2, -0.15) is 4.31 Å². The van der Waals surface area contributed by atoms with Crippen molar-refractivity contribution in [2.45, 2.75) is 51.0 Å². The number of carbonyl (C=O) groups excluding carboxylic acids is 2. The van der Waals surface area contributed by atoms with E-state index in [1.165, 1.54) is 16.4 Å². The molecule has 0 radical (unpaired) electrons. The van der Waals surface area contributed by atoms with Crippen molar-refractivity contribution in [1.82, 2.24) is 4.31 Å². The van der Waals surface area contributed by atoms with E-state index in [1.54, 1.807) is 19.1 Å². The van der Waals surface area contributed by atoms with Gasteiger partial charge in [-0.15, -0.1) is 0 Å². The molecule has 8 heteroatoms. The molecular formula is C28H31N3O4S. The normalized spacial score (nSPS) is 15.7. The van der Waals surface area contributed by atoms with E-state index in [2.05, 4.69) is 10.6 Å². The first-order chi connectivity index (χ1) is 17.2. The van der Waals surface area contributed by atoms with Gasteiger partial charge in [0, 0.05) is 30.8 Å². The second-order valence-corrected chi connectivity index (χ2v) is 11.0. The van der Waals surface area contributed by atoms with Crippen LogP contribution in [0.4, 0.5) is 11.4 Å². The number of sulfonamides is 1. The number of rotatable bonds is 7. The van der Waals surface area contributed by atoms with Crippen LogP contribution in [0, 0.1) is 13.8 Å². The van der Waals surface area contributed by atoms with E-state index in [4.69, 9.17) is 0 Å². The molecule has 0 unspecified atom stereocenters. The Morgan fingerprint density at radius 3 is 2.39 bits per heavy atom. The summed E-state index contributed by atoms with van der Waals surface area (Å²) in [5, 5.41) is 5.70. The lowest BCUT2D eigenvalue weighted by Gasteiger charge is -2.36. The first-order valence-corrected chi connectivity index (χ1v) is 13.5. The fourth-order valence-electron chi connectivity index (χ4n) is 4.47. The van der Waals surface area contributed by atoms with Crippen LogP contribution in [0.3, 0.4) is 0 Å². The SMILES string of the molecule is CCC(=O)Nc1ccc(S(=O)(=O)N2CCc3ccccc3[C@@H]2CC(=O)Nc2cc(C)ccc2C)cc1. The van der Waals surface area contributed by atoms with E-state index >= 15 is 0 Å². The third kappa shape index (κ3) is 5.50. The Kier molecular flexibility index (Phi) is 7.56. The first kappa shape index (κ1) is 25.6. The third-order valence-corrected chi connectivity index (χ3v) is 8.40. The monoisotopic (exact) mass is 505 g/mol. The number of carbonyl (C=O) groups is 2. The Morgan fingerprint density at radius 1 is 0.944 bits per heavy atom. The Balaban J connectivity index is 1.63. The van der Waals surface area contributed by atoms with Gasteiger partial charge in [0.2, 0.25) is 21.8 Å². The van der Waals surface area contributed by atoms with Gasteiger partial charge < -0.3 is 10.6 Å². The van der Waals surface area contributed by atoms with E-state index < -0.39 is 16.1 Å². The van der Waals surface area contributed by atoms with Gasteiger partial charge in [0.05, 0.1) is 10.9 Å². The topological polar surface area (TPSA) is 95.6 Å². The Bertz CT molecular complexity index is 1380. The number of nitrogens with zero attached hydrogens (tertiary/aromatic N) is 1. The molecule has 2 amide bonds. The zero-order valence-corrected chi connectivity index (χ0v) is 21.6. The number of amides is 2. The molecule has 0 fully saturated rings. The number of hydrogen-bond donors (Lipinski definition) is 2. The van der Waals surface area contributed by atoms with Crippen LogP contribution < -0.4 is 10.6 Å². The predicted molar refractivity (Wildman–Crippen MR) is 141 cm³/mol. The summed E-state index contributed by atoms with van der Waals surface area (Å²) >= 11 is 0. The maximum atomic E-state index is 13.7. The maximum Gasteiger partial charge on any atom is 0.243 e. The zero-order chi connectivity index (χ0) is 25.9. The van der Waals surface area contributed by atoms with Crippen molar-refractivity contribution in [3.63, 3.8) is 0 Å². The molecular weight excluding hydrogens is 474 g/mol. The minimum Gasteiger partial charge on any atom is -0.326 e. The minimum atomic E-state index is -3.90. The van der Waals surface area contributed by atoms with Crippen molar-refractivity contribution in [2.75, 3.05) is 17.2 Å². The van der Waals surface area contributed by atoms with Gasteiger partial charge >= 0.3 is 0 Å². The lowest BCUT2D eigenvalue weighted by Crippen LogP contribution is -2.41. The highest BCUT2D eigenvalue weighted by Crippen LogP contribution is 2.37. The first-order valence-electron chi connectivity index (χ1n) is 12.1. The second-order valence-electron chi connectivity index (χ2n) is 9.08. The summed E-state index contributed by atoms with van der Waals surface area (Å²) in [6, 6.07) is 19.1. The van der Waals surface area contributed by atoms with Crippen LogP contribution in [0.1, 0.15) is 48.1 Å². The molecule has 188 valence electrons. The van der Waals surface area contributed by atoms with Gasteiger partial charge in [-0.3, -0.25) is 9.59 Å². The molecule has 0 bridgehead atoms. The predicted octanol–water partition coefficient (Wildman–Crippen LogP) is 4.97. The lowest BCUT2D eigenvalue weighted by molar-refractivity contribution is -0.117. The molecule has 1 atom stereocenters. The molecule has 3 aromatic carbocycles. The van der Waals surface area contributed by atoms with Crippen LogP contribution in [0.2, 0.25) is 0 Å². The summed E-state index contributed by atoms with van der Waals surface area (Å²) in [5.74, 6) is -0.392. The molecule has 0 saturated carbocycles. The highest BCUT2D eigenvalue weighted by atomic mass is 32.2. The molecule has 2 N–H and O–H groups in total. The fraction of sp³-hybridized carbons (Fsp3) is 0.286. The van der Waals surface area contributed by atoms with Crippen LogP contribution in [0.25, 0.3) is 0 Å². The summed E-state index contributed by atoms with van der Waals surface area (Å²) in [4.78, 5) is 25.0. The van der Waals surface area contributed by atoms with Crippen LogP contribution >= 0.6 is 0 Å². The number of benzene rings is 3. The Morgan fingerprint density at radius 2 is 1.67 bits per heavy atom. The van der Waals surface area contributed by atoms with Crippen LogP contribution in [0.5, 0.6) is 0 Å². The largest absolute Gasteiger partial charge is 0.326 e. The van der Waals surface area contributed by atoms with E-state index in [9.17, 15) is 18.0 Å². The van der Waals surface area contributed by atoms with Crippen molar-refractivity contribution < 1.29 is 18.0 Å². The molecule has 36 heavy (non-hydrogen) atoms. The van der Waals surface area contributed by atoms with E-state index in [0.29, 0.717) is 18.5 Å². The van der Waals surface area contributed by atoms with Crippen LogP contribution in [-0.4, -0.2) is 31.1 Å². The number of fused-ring (bicyclic) bond motifs is 1. The lowest BCUT2D eigenvalue weighted by atomic mass is 9.92. The average molecular weight is 506 g/mol. The Labute approximate surface area is 212 Å². The van der Waals surface area contributed by atoms with Crippen molar-refractivity contribution in [1.29, 1.82) is 0 Å². The highest BCUT2D eigenvalue weighted by molar-refractivity contribution is 7.89. The van der Waals surface area contributed by atoms with Gasteiger partial charge in [0.15, 0.2) is 0 Å². The summed E-state index contributed by atoms with van der Waals surface area (Å²) in [7, 11) is -3.90. The molecule has 4 rings (SSSR count). The van der Waals surface area contributed by atoms with Crippen molar-refractivity contribution in [2.24, 2.45) is 0 Å². The van der Waals surface area contributed by atoms with Gasteiger partial charge in [-0.25, -0.2) is 8.42 Å². The molecule has 7 nitrogen and oxygen atoms in total. The molecule has 1 aliphatic heterocycles. The van der Waals surface area contributed by atoms with Gasteiger partial charge in [-0.05, 0) is 72.9 Å². The summed E-state index contributed by atoms with van der Waals surface area (Å²) < 4.78 is 28.9. The molecule has 1 heterocycles. The molecule has 0 aliphatic carbocycles. The van der Waals surface area contributed by atoms with Crippen molar-refractivity contribution >= 4 is 33.2 Å². The summed E-state index contributed by atoms with van der Waals surface area (Å²) in [6.07, 6.45) is 0.891. The van der Waals surface area contributed by atoms with Crippen molar-refractivity contribution in [3.05, 3.63) is 89.0 Å². The molecule has 1 aliphatic rings. The van der Waals surface area contributed by atoms with Gasteiger partial charge in [0.25, 0.3) is 0 Å². The highest BCUT2D eigenvalue weighted by Gasteiger charge is 2.37. The number of nitrogens with one attached hydrogen (secondary N) is 2. The summed E-state index contributed by atoms with van der Waals surface area (Å²) in [6.45, 7) is 5.90. The average Bonchev–Trinajstić information content (AvgIpc) is 2.86. The van der Waals surface area contributed by atoms with Crippen LogP contribution in [0.15, 0.2) is 71.6 Å². The minimum absolute atomic E-state index is 0.00569.